The second-order valence-corrected chi connectivity index (χ2v) is 3.70. The molecule has 70 valence electrons. The van der Waals surface area contributed by atoms with Gasteiger partial charge >= 0.3 is 0 Å². The van der Waals surface area contributed by atoms with Crippen molar-refractivity contribution in [2.75, 3.05) is 6.61 Å². The first kappa shape index (κ1) is 10.5. The molecule has 0 saturated heterocycles. The summed E-state index contributed by atoms with van der Waals surface area (Å²) < 4.78 is 6.25. The average molecular weight is 260 g/mol. The maximum absolute atomic E-state index is 5.57. The van der Waals surface area contributed by atoms with E-state index in [0.29, 0.717) is 11.6 Å². The molecule has 0 aromatic heterocycles. The van der Waals surface area contributed by atoms with Crippen LogP contribution in [-0.4, -0.2) is 11.6 Å². The highest BCUT2D eigenvalue weighted by molar-refractivity contribution is 9.10. The van der Waals surface area contributed by atoms with Gasteiger partial charge in [0.1, 0.15) is 10.7 Å². The van der Waals surface area contributed by atoms with Crippen LogP contribution in [-0.2, 0) is 0 Å². The highest BCUT2D eigenvalue weighted by Crippen LogP contribution is 2.26. The Bertz CT molecular complexity index is 327. The van der Waals surface area contributed by atoms with E-state index >= 15 is 0 Å². The molecule has 0 saturated carbocycles. The van der Waals surface area contributed by atoms with Crippen LogP contribution in [0.3, 0.4) is 0 Å². The number of halogens is 1. The SMILES string of the molecule is CCOc1cccc(Br)c1C(N)=S. The van der Waals surface area contributed by atoms with Crippen molar-refractivity contribution in [2.24, 2.45) is 5.73 Å². The molecule has 0 amide bonds. The summed E-state index contributed by atoms with van der Waals surface area (Å²) in [5.41, 5.74) is 6.33. The molecule has 0 aliphatic heterocycles. The number of rotatable bonds is 3. The van der Waals surface area contributed by atoms with Gasteiger partial charge in [0, 0.05) is 4.47 Å². The van der Waals surface area contributed by atoms with Gasteiger partial charge in [-0.05, 0) is 35.0 Å². The van der Waals surface area contributed by atoms with Gasteiger partial charge in [0.2, 0.25) is 0 Å². The number of thiocarbonyl (C=S) groups is 1. The van der Waals surface area contributed by atoms with Gasteiger partial charge in [0.15, 0.2) is 0 Å². The average Bonchev–Trinajstić information content (AvgIpc) is 2.04. The molecular formula is C9H10BrNOS. The minimum atomic E-state index is 0.343. The smallest absolute Gasteiger partial charge is 0.130 e. The van der Waals surface area contributed by atoms with Crippen molar-refractivity contribution >= 4 is 33.1 Å². The molecule has 0 radical (unpaired) electrons. The molecule has 0 atom stereocenters. The normalized spacial score (nSPS) is 9.69. The number of benzene rings is 1. The van der Waals surface area contributed by atoms with Crippen molar-refractivity contribution in [3.63, 3.8) is 0 Å². The number of hydrogen-bond donors (Lipinski definition) is 1. The van der Waals surface area contributed by atoms with Crippen LogP contribution >= 0.6 is 28.1 Å². The predicted molar refractivity (Wildman–Crippen MR) is 61.2 cm³/mol. The van der Waals surface area contributed by atoms with Crippen LogP contribution in [0.1, 0.15) is 12.5 Å². The molecule has 0 fully saturated rings. The summed E-state index contributed by atoms with van der Waals surface area (Å²) in [4.78, 5) is 0.343. The molecule has 1 aromatic carbocycles. The van der Waals surface area contributed by atoms with Gasteiger partial charge < -0.3 is 10.5 Å². The van der Waals surface area contributed by atoms with Crippen LogP contribution in [0.2, 0.25) is 0 Å². The van der Waals surface area contributed by atoms with Crippen LogP contribution in [0.15, 0.2) is 22.7 Å². The van der Waals surface area contributed by atoms with E-state index in [2.05, 4.69) is 15.9 Å². The lowest BCUT2D eigenvalue weighted by Crippen LogP contribution is -2.12. The summed E-state index contributed by atoms with van der Waals surface area (Å²) in [6.07, 6.45) is 0. The van der Waals surface area contributed by atoms with Crippen molar-refractivity contribution in [1.82, 2.24) is 0 Å². The van der Waals surface area contributed by atoms with Crippen molar-refractivity contribution in [2.45, 2.75) is 6.92 Å². The maximum Gasteiger partial charge on any atom is 0.130 e. The molecule has 0 bridgehead atoms. The zero-order valence-electron chi connectivity index (χ0n) is 7.21. The number of ether oxygens (including phenoxy) is 1. The summed E-state index contributed by atoms with van der Waals surface area (Å²) >= 11 is 8.29. The van der Waals surface area contributed by atoms with Gasteiger partial charge in [-0.1, -0.05) is 18.3 Å². The Balaban J connectivity index is 3.17. The molecular weight excluding hydrogens is 250 g/mol. The lowest BCUT2D eigenvalue weighted by molar-refractivity contribution is 0.339. The van der Waals surface area contributed by atoms with E-state index in [1.165, 1.54) is 0 Å². The Morgan fingerprint density at radius 1 is 1.62 bits per heavy atom. The van der Waals surface area contributed by atoms with E-state index < -0.39 is 0 Å². The fraction of sp³-hybridized carbons (Fsp3) is 0.222. The third-order valence-corrected chi connectivity index (χ3v) is 2.39. The van der Waals surface area contributed by atoms with Crippen LogP contribution in [0.25, 0.3) is 0 Å². The minimum absolute atomic E-state index is 0.343. The van der Waals surface area contributed by atoms with E-state index in [-0.39, 0.29) is 0 Å². The van der Waals surface area contributed by atoms with Gasteiger partial charge in [-0.2, -0.15) is 0 Å². The molecule has 2 nitrogen and oxygen atoms in total. The fourth-order valence-corrected chi connectivity index (χ4v) is 1.92. The maximum atomic E-state index is 5.57. The fourth-order valence-electron chi connectivity index (χ4n) is 1.02. The molecule has 13 heavy (non-hydrogen) atoms. The lowest BCUT2D eigenvalue weighted by Gasteiger charge is -2.09. The molecule has 2 N–H and O–H groups in total. The Morgan fingerprint density at radius 3 is 2.85 bits per heavy atom. The van der Waals surface area contributed by atoms with E-state index in [1.54, 1.807) is 0 Å². The molecule has 0 aliphatic rings. The Labute approximate surface area is 91.2 Å². The van der Waals surface area contributed by atoms with Gasteiger partial charge in [-0.3, -0.25) is 0 Å². The molecule has 0 spiro atoms. The third-order valence-electron chi connectivity index (χ3n) is 1.52. The highest BCUT2D eigenvalue weighted by Gasteiger charge is 2.09. The van der Waals surface area contributed by atoms with Crippen LogP contribution in [0.4, 0.5) is 0 Å². The van der Waals surface area contributed by atoms with Crippen LogP contribution in [0, 0.1) is 0 Å². The summed E-state index contributed by atoms with van der Waals surface area (Å²) in [7, 11) is 0. The predicted octanol–water partition coefficient (Wildman–Crippen LogP) is 2.48. The molecule has 4 heteroatoms. The second-order valence-electron chi connectivity index (χ2n) is 2.41. The van der Waals surface area contributed by atoms with E-state index in [4.69, 9.17) is 22.7 Å². The van der Waals surface area contributed by atoms with Gasteiger partial charge in [0.05, 0.1) is 12.2 Å². The quantitative estimate of drug-likeness (QED) is 0.848. The minimum Gasteiger partial charge on any atom is -0.493 e. The van der Waals surface area contributed by atoms with Crippen molar-refractivity contribution < 1.29 is 4.74 Å². The summed E-state index contributed by atoms with van der Waals surface area (Å²) in [6, 6.07) is 5.62. The number of nitrogens with two attached hydrogens (primary N) is 1. The summed E-state index contributed by atoms with van der Waals surface area (Å²) in [6.45, 7) is 2.52. The first-order chi connectivity index (χ1) is 6.16. The van der Waals surface area contributed by atoms with Crippen molar-refractivity contribution in [3.05, 3.63) is 28.2 Å². The van der Waals surface area contributed by atoms with E-state index in [9.17, 15) is 0 Å². The summed E-state index contributed by atoms with van der Waals surface area (Å²) in [5.74, 6) is 0.726. The largest absolute Gasteiger partial charge is 0.493 e. The topological polar surface area (TPSA) is 35.2 Å². The third kappa shape index (κ3) is 2.42. The monoisotopic (exact) mass is 259 g/mol. The van der Waals surface area contributed by atoms with Crippen molar-refractivity contribution in [3.8, 4) is 5.75 Å². The first-order valence-electron chi connectivity index (χ1n) is 3.88. The van der Waals surface area contributed by atoms with E-state index in [0.717, 1.165) is 15.8 Å². The van der Waals surface area contributed by atoms with Gasteiger partial charge in [-0.25, -0.2) is 0 Å². The first-order valence-corrected chi connectivity index (χ1v) is 5.08. The Kier molecular flexibility index (Phi) is 3.69. The molecule has 0 unspecified atom stereocenters. The van der Waals surface area contributed by atoms with E-state index in [1.807, 2.05) is 25.1 Å². The van der Waals surface area contributed by atoms with Crippen LogP contribution in [0.5, 0.6) is 5.75 Å². The van der Waals surface area contributed by atoms with Gasteiger partial charge in [0.25, 0.3) is 0 Å². The molecule has 0 heterocycles. The lowest BCUT2D eigenvalue weighted by atomic mass is 10.2. The zero-order valence-corrected chi connectivity index (χ0v) is 9.61. The standard InChI is InChI=1S/C9H10BrNOS/c1-2-12-7-5-3-4-6(10)8(7)9(11)13/h3-5H,2H2,1H3,(H2,11,13). The highest BCUT2D eigenvalue weighted by atomic mass is 79.9. The Hall–Kier alpha value is -0.610. The molecule has 1 aromatic rings. The second kappa shape index (κ2) is 4.58. The summed E-state index contributed by atoms with van der Waals surface area (Å²) in [5, 5.41) is 0. The molecule has 1 rings (SSSR count). The Morgan fingerprint density at radius 2 is 2.31 bits per heavy atom. The van der Waals surface area contributed by atoms with Crippen molar-refractivity contribution in [1.29, 1.82) is 0 Å². The molecule has 0 aliphatic carbocycles. The number of hydrogen-bond acceptors (Lipinski definition) is 2. The zero-order chi connectivity index (χ0) is 9.84. The van der Waals surface area contributed by atoms with Gasteiger partial charge in [-0.15, -0.1) is 0 Å². The van der Waals surface area contributed by atoms with Crippen LogP contribution < -0.4 is 10.5 Å².